The topological polar surface area (TPSA) is 12.0 Å². The number of nitrogens with one attached hydrogen (secondary N) is 1. The van der Waals surface area contributed by atoms with E-state index in [2.05, 4.69) is 38.2 Å². The predicted octanol–water partition coefficient (Wildman–Crippen LogP) is 5.63. The number of hydrogen-bond donors (Lipinski definition) is 1. The Morgan fingerprint density at radius 2 is 1.95 bits per heavy atom. The van der Waals surface area contributed by atoms with Crippen molar-refractivity contribution in [2.45, 2.75) is 58.8 Å². The average Bonchev–Trinajstić information content (AvgIpc) is 3.19. The Balaban J connectivity index is 1.94. The van der Waals surface area contributed by atoms with Crippen LogP contribution < -0.4 is 5.32 Å². The average molecular weight is 292 g/mol. The first kappa shape index (κ1) is 14.3. The zero-order chi connectivity index (χ0) is 14.3. The summed E-state index contributed by atoms with van der Waals surface area (Å²) in [5.41, 5.74) is 4.58. The van der Waals surface area contributed by atoms with Gasteiger partial charge in [-0.3, -0.25) is 0 Å². The molecule has 0 aliphatic heterocycles. The zero-order valence-electron chi connectivity index (χ0n) is 12.9. The minimum atomic E-state index is 0.330. The van der Waals surface area contributed by atoms with Crippen molar-refractivity contribution in [3.8, 4) is 0 Å². The van der Waals surface area contributed by atoms with Gasteiger partial charge >= 0.3 is 0 Å². The van der Waals surface area contributed by atoms with E-state index >= 15 is 0 Å². The SMILES string of the molecule is CC(C)(C)[C@H]1CCCc2c1ccc(Cl)c2NCC1CC1. The second-order valence-electron chi connectivity index (χ2n) is 7.63. The van der Waals surface area contributed by atoms with Gasteiger partial charge in [-0.1, -0.05) is 38.4 Å². The molecule has 1 atom stereocenters. The van der Waals surface area contributed by atoms with E-state index in [1.165, 1.54) is 48.9 Å². The fourth-order valence-electron chi connectivity index (χ4n) is 3.53. The van der Waals surface area contributed by atoms with E-state index in [0.29, 0.717) is 11.3 Å². The third-order valence-electron chi connectivity index (χ3n) is 4.90. The molecule has 0 saturated heterocycles. The highest BCUT2D eigenvalue weighted by Crippen LogP contribution is 2.47. The van der Waals surface area contributed by atoms with Crippen molar-refractivity contribution in [2.75, 3.05) is 11.9 Å². The molecule has 1 aromatic rings. The largest absolute Gasteiger partial charge is 0.383 e. The van der Waals surface area contributed by atoms with Crippen LogP contribution in [0.15, 0.2) is 12.1 Å². The van der Waals surface area contributed by atoms with Crippen LogP contribution in [0.5, 0.6) is 0 Å². The summed E-state index contributed by atoms with van der Waals surface area (Å²) in [6.07, 6.45) is 6.53. The summed E-state index contributed by atoms with van der Waals surface area (Å²) in [5.74, 6) is 1.54. The van der Waals surface area contributed by atoms with Crippen molar-refractivity contribution >= 4 is 17.3 Å². The molecular weight excluding hydrogens is 266 g/mol. The molecule has 0 unspecified atom stereocenters. The molecule has 1 aromatic carbocycles. The number of anilines is 1. The normalized spacial score (nSPS) is 22.5. The van der Waals surface area contributed by atoms with Crippen LogP contribution in [0.2, 0.25) is 5.02 Å². The Labute approximate surface area is 128 Å². The Kier molecular flexibility index (Phi) is 3.75. The van der Waals surface area contributed by atoms with Crippen LogP contribution in [0.1, 0.15) is 63.5 Å². The van der Waals surface area contributed by atoms with Crippen molar-refractivity contribution in [1.29, 1.82) is 0 Å². The molecule has 1 N–H and O–H groups in total. The molecule has 0 aromatic heterocycles. The second-order valence-corrected chi connectivity index (χ2v) is 8.03. The number of halogens is 1. The Morgan fingerprint density at radius 3 is 2.60 bits per heavy atom. The number of hydrogen-bond acceptors (Lipinski definition) is 1. The molecule has 3 rings (SSSR count). The maximum atomic E-state index is 6.46. The molecule has 1 fully saturated rings. The van der Waals surface area contributed by atoms with Gasteiger partial charge in [0.05, 0.1) is 10.7 Å². The van der Waals surface area contributed by atoms with Crippen LogP contribution in [-0.2, 0) is 6.42 Å². The molecule has 2 heteroatoms. The summed E-state index contributed by atoms with van der Waals surface area (Å²) < 4.78 is 0. The lowest BCUT2D eigenvalue weighted by Crippen LogP contribution is -2.24. The van der Waals surface area contributed by atoms with Gasteiger partial charge in [0, 0.05) is 6.54 Å². The van der Waals surface area contributed by atoms with Gasteiger partial charge in [0.15, 0.2) is 0 Å². The van der Waals surface area contributed by atoms with E-state index in [4.69, 9.17) is 11.6 Å². The highest BCUT2D eigenvalue weighted by Gasteiger charge is 2.32. The van der Waals surface area contributed by atoms with Gasteiger partial charge in [0.25, 0.3) is 0 Å². The number of benzene rings is 1. The highest BCUT2D eigenvalue weighted by molar-refractivity contribution is 6.33. The molecule has 110 valence electrons. The molecule has 0 amide bonds. The van der Waals surface area contributed by atoms with Crippen LogP contribution in [0.25, 0.3) is 0 Å². The fraction of sp³-hybridized carbons (Fsp3) is 0.667. The summed E-state index contributed by atoms with van der Waals surface area (Å²) in [6.45, 7) is 8.17. The van der Waals surface area contributed by atoms with Gasteiger partial charge in [0.1, 0.15) is 0 Å². The number of rotatable bonds is 3. The van der Waals surface area contributed by atoms with Crippen molar-refractivity contribution in [2.24, 2.45) is 11.3 Å². The quantitative estimate of drug-likeness (QED) is 0.761. The maximum absolute atomic E-state index is 6.46. The lowest BCUT2D eigenvalue weighted by molar-refractivity contribution is 0.290. The van der Waals surface area contributed by atoms with Crippen molar-refractivity contribution < 1.29 is 0 Å². The van der Waals surface area contributed by atoms with Gasteiger partial charge in [-0.25, -0.2) is 0 Å². The van der Waals surface area contributed by atoms with Crippen molar-refractivity contribution in [1.82, 2.24) is 0 Å². The van der Waals surface area contributed by atoms with E-state index in [1.807, 2.05) is 0 Å². The molecule has 2 aliphatic carbocycles. The molecule has 0 radical (unpaired) electrons. The Morgan fingerprint density at radius 1 is 1.20 bits per heavy atom. The molecule has 0 spiro atoms. The summed E-state index contributed by atoms with van der Waals surface area (Å²) in [5, 5.41) is 4.54. The third kappa shape index (κ3) is 2.83. The summed E-state index contributed by atoms with van der Waals surface area (Å²) >= 11 is 6.46. The summed E-state index contributed by atoms with van der Waals surface area (Å²) in [6, 6.07) is 4.37. The first-order valence-electron chi connectivity index (χ1n) is 8.02. The molecule has 0 heterocycles. The molecule has 20 heavy (non-hydrogen) atoms. The molecular formula is C18H26ClN. The molecule has 1 saturated carbocycles. The van der Waals surface area contributed by atoms with Crippen LogP contribution in [-0.4, -0.2) is 6.54 Å². The van der Waals surface area contributed by atoms with E-state index in [-0.39, 0.29) is 0 Å². The predicted molar refractivity (Wildman–Crippen MR) is 87.8 cm³/mol. The lowest BCUT2D eigenvalue weighted by atomic mass is 9.69. The summed E-state index contributed by atoms with van der Waals surface area (Å²) in [4.78, 5) is 0. The van der Waals surface area contributed by atoms with Gasteiger partial charge in [0.2, 0.25) is 0 Å². The van der Waals surface area contributed by atoms with E-state index in [0.717, 1.165) is 17.5 Å². The van der Waals surface area contributed by atoms with Crippen molar-refractivity contribution in [3.05, 3.63) is 28.3 Å². The maximum Gasteiger partial charge on any atom is 0.0640 e. The Bertz CT molecular complexity index is 497. The van der Waals surface area contributed by atoms with Crippen molar-refractivity contribution in [3.63, 3.8) is 0 Å². The third-order valence-corrected chi connectivity index (χ3v) is 5.22. The summed E-state index contributed by atoms with van der Waals surface area (Å²) in [7, 11) is 0. The lowest BCUT2D eigenvalue weighted by Gasteiger charge is -2.37. The molecule has 0 bridgehead atoms. The van der Waals surface area contributed by atoms with E-state index in [1.54, 1.807) is 0 Å². The van der Waals surface area contributed by atoms with Gasteiger partial charge < -0.3 is 5.32 Å². The first-order valence-corrected chi connectivity index (χ1v) is 8.40. The fourth-order valence-corrected chi connectivity index (χ4v) is 3.77. The van der Waals surface area contributed by atoms with Gasteiger partial charge in [-0.15, -0.1) is 0 Å². The monoisotopic (exact) mass is 291 g/mol. The van der Waals surface area contributed by atoms with Gasteiger partial charge in [-0.2, -0.15) is 0 Å². The Hall–Kier alpha value is -0.690. The second kappa shape index (κ2) is 5.26. The van der Waals surface area contributed by atoms with E-state index in [9.17, 15) is 0 Å². The van der Waals surface area contributed by atoms with Crippen LogP contribution in [0.4, 0.5) is 5.69 Å². The number of fused-ring (bicyclic) bond motifs is 1. The zero-order valence-corrected chi connectivity index (χ0v) is 13.7. The van der Waals surface area contributed by atoms with Crippen LogP contribution >= 0.6 is 11.6 Å². The minimum absolute atomic E-state index is 0.330. The van der Waals surface area contributed by atoms with Gasteiger partial charge in [-0.05, 0) is 66.5 Å². The van der Waals surface area contributed by atoms with Crippen LogP contribution in [0, 0.1) is 11.3 Å². The van der Waals surface area contributed by atoms with E-state index < -0.39 is 0 Å². The standard InChI is InChI=1S/C18H26ClN/c1-18(2,3)15-6-4-5-14-13(15)9-10-16(19)17(14)20-11-12-7-8-12/h9-10,12,15,20H,4-8,11H2,1-3H3/t15-/m0/s1. The highest BCUT2D eigenvalue weighted by atomic mass is 35.5. The molecule has 2 aliphatic rings. The minimum Gasteiger partial charge on any atom is -0.383 e. The molecule has 1 nitrogen and oxygen atoms in total. The smallest absolute Gasteiger partial charge is 0.0640 e. The first-order chi connectivity index (χ1) is 9.47. The van der Waals surface area contributed by atoms with Crippen LogP contribution in [0.3, 0.4) is 0 Å².